The van der Waals surface area contributed by atoms with Crippen molar-refractivity contribution >= 4 is 21.4 Å². The van der Waals surface area contributed by atoms with Gasteiger partial charge in [0.2, 0.25) is 0 Å². The first-order valence-electron chi connectivity index (χ1n) is 6.50. The zero-order valence-electron chi connectivity index (χ0n) is 11.1. The quantitative estimate of drug-likeness (QED) is 0.682. The minimum atomic E-state index is 0.334. The van der Waals surface area contributed by atoms with Crippen LogP contribution in [0.3, 0.4) is 0 Å². The summed E-state index contributed by atoms with van der Waals surface area (Å²) in [7, 11) is 0. The molecular weight excluding hydrogens is 252 g/mol. The molecule has 3 rings (SSSR count). The average molecular weight is 268 g/mol. The number of aryl methyl sites for hydroxylation is 2. The number of aromatic hydroxyl groups is 1. The van der Waals surface area contributed by atoms with Gasteiger partial charge in [-0.3, -0.25) is 0 Å². The predicted molar refractivity (Wildman–Crippen MR) is 83.0 cm³/mol. The van der Waals surface area contributed by atoms with Crippen LogP contribution in [0.5, 0.6) is 5.75 Å². The van der Waals surface area contributed by atoms with Gasteiger partial charge in [-0.2, -0.15) is 0 Å². The third-order valence-electron chi connectivity index (χ3n) is 3.41. The highest BCUT2D eigenvalue weighted by atomic mass is 32.1. The molecule has 3 aromatic rings. The van der Waals surface area contributed by atoms with Crippen molar-refractivity contribution in [3.8, 4) is 16.2 Å². The van der Waals surface area contributed by atoms with Crippen molar-refractivity contribution in [2.75, 3.05) is 0 Å². The lowest BCUT2D eigenvalue weighted by molar-refractivity contribution is 0.476. The smallest absolute Gasteiger partial charge is 0.117 e. The number of benzene rings is 2. The maximum absolute atomic E-state index is 9.55. The Bertz CT molecular complexity index is 740. The molecule has 1 aromatic heterocycles. The monoisotopic (exact) mass is 268 g/mol. The van der Waals surface area contributed by atoms with Crippen LogP contribution in [0.1, 0.15) is 18.1 Å². The Morgan fingerprint density at radius 1 is 1.05 bits per heavy atom. The third-order valence-corrected chi connectivity index (χ3v) is 4.54. The van der Waals surface area contributed by atoms with Crippen molar-refractivity contribution in [3.05, 3.63) is 53.6 Å². The summed E-state index contributed by atoms with van der Waals surface area (Å²) in [6.45, 7) is 4.32. The van der Waals surface area contributed by atoms with Gasteiger partial charge in [0.1, 0.15) is 5.75 Å². The molecule has 0 aliphatic heterocycles. The molecular formula is C17H16OS. The van der Waals surface area contributed by atoms with Crippen LogP contribution in [0.4, 0.5) is 0 Å². The van der Waals surface area contributed by atoms with E-state index in [-0.39, 0.29) is 0 Å². The van der Waals surface area contributed by atoms with Crippen molar-refractivity contribution in [3.63, 3.8) is 0 Å². The Balaban J connectivity index is 2.18. The summed E-state index contributed by atoms with van der Waals surface area (Å²) in [5, 5.41) is 10.7. The highest BCUT2D eigenvalue weighted by molar-refractivity contribution is 7.22. The number of phenolic OH excluding ortho intramolecular Hbond substituents is 1. The summed E-state index contributed by atoms with van der Waals surface area (Å²) >= 11 is 1.74. The molecule has 0 saturated heterocycles. The van der Waals surface area contributed by atoms with Gasteiger partial charge in [0.25, 0.3) is 0 Å². The molecule has 2 aromatic carbocycles. The van der Waals surface area contributed by atoms with Gasteiger partial charge in [0, 0.05) is 9.58 Å². The second-order valence-corrected chi connectivity index (χ2v) is 5.93. The van der Waals surface area contributed by atoms with Crippen LogP contribution in [-0.4, -0.2) is 5.11 Å². The molecule has 0 fully saturated rings. The Hall–Kier alpha value is -1.80. The minimum Gasteiger partial charge on any atom is -0.508 e. The second kappa shape index (κ2) is 4.71. The fourth-order valence-corrected chi connectivity index (χ4v) is 3.56. The van der Waals surface area contributed by atoms with Crippen LogP contribution in [-0.2, 0) is 6.42 Å². The van der Waals surface area contributed by atoms with Crippen molar-refractivity contribution in [2.24, 2.45) is 0 Å². The van der Waals surface area contributed by atoms with E-state index in [0.717, 1.165) is 11.1 Å². The Morgan fingerprint density at radius 2 is 1.89 bits per heavy atom. The SMILES string of the molecule is CCc1cc(C)ccc1-c1cc2ccc(O)cc2s1. The van der Waals surface area contributed by atoms with E-state index in [1.54, 1.807) is 17.4 Å². The van der Waals surface area contributed by atoms with Gasteiger partial charge in [0.05, 0.1) is 0 Å². The Morgan fingerprint density at radius 3 is 2.68 bits per heavy atom. The first-order chi connectivity index (χ1) is 9.17. The van der Waals surface area contributed by atoms with Crippen LogP contribution in [0.2, 0.25) is 0 Å². The molecule has 0 atom stereocenters. The summed E-state index contributed by atoms with van der Waals surface area (Å²) < 4.78 is 1.14. The lowest BCUT2D eigenvalue weighted by atomic mass is 10.0. The summed E-state index contributed by atoms with van der Waals surface area (Å²) in [5.74, 6) is 0.334. The molecule has 0 aliphatic rings. The largest absolute Gasteiger partial charge is 0.508 e. The van der Waals surface area contributed by atoms with E-state index < -0.39 is 0 Å². The number of hydrogen-bond acceptors (Lipinski definition) is 2. The van der Waals surface area contributed by atoms with Crippen LogP contribution >= 0.6 is 11.3 Å². The summed E-state index contributed by atoms with van der Waals surface area (Å²) in [5.41, 5.74) is 4.00. The number of fused-ring (bicyclic) bond motifs is 1. The van der Waals surface area contributed by atoms with E-state index in [0.29, 0.717) is 5.75 Å². The van der Waals surface area contributed by atoms with Crippen LogP contribution in [0.25, 0.3) is 20.5 Å². The van der Waals surface area contributed by atoms with Gasteiger partial charge in [-0.05, 0) is 54.1 Å². The molecule has 1 heterocycles. The maximum atomic E-state index is 9.55. The topological polar surface area (TPSA) is 20.2 Å². The lowest BCUT2D eigenvalue weighted by Crippen LogP contribution is -1.86. The molecule has 1 nitrogen and oxygen atoms in total. The number of thiophene rings is 1. The van der Waals surface area contributed by atoms with Crippen molar-refractivity contribution in [1.82, 2.24) is 0 Å². The molecule has 0 amide bonds. The maximum Gasteiger partial charge on any atom is 0.117 e. The molecule has 0 bridgehead atoms. The van der Waals surface area contributed by atoms with E-state index in [1.807, 2.05) is 12.1 Å². The highest BCUT2D eigenvalue weighted by Gasteiger charge is 2.08. The van der Waals surface area contributed by atoms with Crippen LogP contribution in [0, 0.1) is 6.92 Å². The molecule has 0 spiro atoms. The van der Waals surface area contributed by atoms with Gasteiger partial charge in [-0.1, -0.05) is 30.7 Å². The number of phenols is 1. The van der Waals surface area contributed by atoms with Gasteiger partial charge in [0.15, 0.2) is 0 Å². The molecule has 0 radical (unpaired) electrons. The normalized spacial score (nSPS) is 11.1. The van der Waals surface area contributed by atoms with E-state index in [9.17, 15) is 5.11 Å². The molecule has 19 heavy (non-hydrogen) atoms. The summed E-state index contributed by atoms with van der Waals surface area (Å²) in [4.78, 5) is 1.28. The standard InChI is InChI=1S/C17H16OS/c1-3-12-8-11(2)4-7-15(12)17-9-13-5-6-14(18)10-16(13)19-17/h4-10,18H,3H2,1-2H3. The summed E-state index contributed by atoms with van der Waals surface area (Å²) in [6.07, 6.45) is 1.04. The van der Waals surface area contributed by atoms with E-state index in [2.05, 4.69) is 38.1 Å². The van der Waals surface area contributed by atoms with Crippen LogP contribution in [0.15, 0.2) is 42.5 Å². The predicted octanol–water partition coefficient (Wildman–Crippen LogP) is 5.14. The zero-order valence-corrected chi connectivity index (χ0v) is 11.9. The first kappa shape index (κ1) is 12.2. The Kier molecular flexibility index (Phi) is 3.03. The van der Waals surface area contributed by atoms with Crippen molar-refractivity contribution in [1.29, 1.82) is 0 Å². The minimum absolute atomic E-state index is 0.334. The van der Waals surface area contributed by atoms with E-state index in [4.69, 9.17) is 0 Å². The fraction of sp³-hybridized carbons (Fsp3) is 0.176. The van der Waals surface area contributed by atoms with Gasteiger partial charge in [-0.15, -0.1) is 11.3 Å². The highest BCUT2D eigenvalue weighted by Crippen LogP contribution is 2.37. The molecule has 96 valence electrons. The van der Waals surface area contributed by atoms with E-state index >= 15 is 0 Å². The Labute approximate surface area is 117 Å². The lowest BCUT2D eigenvalue weighted by Gasteiger charge is -2.06. The van der Waals surface area contributed by atoms with Crippen LogP contribution < -0.4 is 0 Å². The third kappa shape index (κ3) is 2.24. The van der Waals surface area contributed by atoms with E-state index in [1.165, 1.54) is 27.0 Å². The number of hydrogen-bond donors (Lipinski definition) is 1. The zero-order chi connectivity index (χ0) is 13.4. The number of rotatable bonds is 2. The average Bonchev–Trinajstić information content (AvgIpc) is 2.81. The first-order valence-corrected chi connectivity index (χ1v) is 7.31. The molecule has 1 N–H and O–H groups in total. The van der Waals surface area contributed by atoms with Gasteiger partial charge in [-0.25, -0.2) is 0 Å². The van der Waals surface area contributed by atoms with Gasteiger partial charge < -0.3 is 5.11 Å². The molecule has 2 heteroatoms. The fourth-order valence-electron chi connectivity index (χ4n) is 2.41. The van der Waals surface area contributed by atoms with Crippen molar-refractivity contribution in [2.45, 2.75) is 20.3 Å². The second-order valence-electron chi connectivity index (χ2n) is 4.85. The van der Waals surface area contributed by atoms with Crippen molar-refractivity contribution < 1.29 is 5.11 Å². The molecule has 0 unspecified atom stereocenters. The summed E-state index contributed by atoms with van der Waals surface area (Å²) in [6, 6.07) is 14.4. The molecule has 0 saturated carbocycles. The molecule has 0 aliphatic carbocycles. The van der Waals surface area contributed by atoms with Gasteiger partial charge >= 0.3 is 0 Å².